The highest BCUT2D eigenvalue weighted by Crippen LogP contribution is 2.35. The number of carbonyl (C=O) groups excluding carboxylic acids is 1. The topological polar surface area (TPSA) is 124 Å². The number of carbonyl (C=O) groups is 1. The van der Waals surface area contributed by atoms with Gasteiger partial charge in [-0.3, -0.25) is 0 Å². The highest BCUT2D eigenvalue weighted by atomic mass is 35.5. The van der Waals surface area contributed by atoms with Gasteiger partial charge in [0, 0.05) is 11.8 Å². The molecule has 2 amide bonds. The van der Waals surface area contributed by atoms with Crippen molar-refractivity contribution in [2.45, 2.75) is 6.18 Å². The van der Waals surface area contributed by atoms with Crippen LogP contribution in [-0.2, 0) is 6.18 Å². The second-order valence-electron chi connectivity index (χ2n) is 7.46. The number of methoxy groups -OCH3 is 1. The molecule has 2 aromatic carbocycles. The van der Waals surface area contributed by atoms with Gasteiger partial charge in [-0.15, -0.1) is 0 Å². The first-order valence-corrected chi connectivity index (χ1v) is 10.8. The number of amides is 2. The van der Waals surface area contributed by atoms with Gasteiger partial charge in [-0.25, -0.2) is 19.7 Å². The summed E-state index contributed by atoms with van der Waals surface area (Å²) in [6.45, 7) is 0. The number of halogens is 4. The summed E-state index contributed by atoms with van der Waals surface area (Å²) >= 11 is 5.99. The minimum Gasteiger partial charge on any atom is -0.495 e. The molecule has 0 fully saturated rings. The number of hydrogen-bond acceptors (Lipinski definition) is 7. The lowest BCUT2D eigenvalue weighted by Gasteiger charge is -2.14. The van der Waals surface area contributed by atoms with Crippen molar-refractivity contribution >= 4 is 34.8 Å². The van der Waals surface area contributed by atoms with Gasteiger partial charge in [-0.2, -0.15) is 13.2 Å². The molecular weight excluding hydrogens is 513 g/mol. The van der Waals surface area contributed by atoms with E-state index in [0.29, 0.717) is 22.2 Å². The van der Waals surface area contributed by atoms with E-state index in [1.54, 1.807) is 30.3 Å². The van der Waals surface area contributed by atoms with E-state index in [-0.39, 0.29) is 23.1 Å². The number of urea groups is 1. The number of rotatable bonds is 6. The minimum atomic E-state index is -4.58. The highest BCUT2D eigenvalue weighted by molar-refractivity contribution is 6.30. The van der Waals surface area contributed by atoms with Crippen molar-refractivity contribution in [1.82, 2.24) is 15.0 Å². The maximum Gasteiger partial charge on any atom is 0.416 e. The van der Waals surface area contributed by atoms with Crippen LogP contribution in [0.2, 0.25) is 5.02 Å². The highest BCUT2D eigenvalue weighted by Gasteiger charge is 2.31. The Bertz CT molecular complexity index is 1420. The molecule has 9 nitrogen and oxygen atoms in total. The van der Waals surface area contributed by atoms with Crippen LogP contribution in [0.4, 0.5) is 35.2 Å². The lowest BCUT2D eigenvalue weighted by Crippen LogP contribution is -2.20. The zero-order valence-electron chi connectivity index (χ0n) is 19.0. The summed E-state index contributed by atoms with van der Waals surface area (Å²) in [5, 5.41) is 5.20. The lowest BCUT2D eigenvalue weighted by molar-refractivity contribution is -0.137. The summed E-state index contributed by atoms with van der Waals surface area (Å²) in [7, 11) is 1.27. The van der Waals surface area contributed by atoms with E-state index in [1.165, 1.54) is 25.7 Å². The van der Waals surface area contributed by atoms with E-state index in [0.717, 1.165) is 23.8 Å². The number of nitrogens with one attached hydrogen (secondary N) is 2. The van der Waals surface area contributed by atoms with Crippen molar-refractivity contribution in [2.75, 3.05) is 23.5 Å². The monoisotopic (exact) mass is 530 g/mol. The van der Waals surface area contributed by atoms with E-state index < -0.39 is 17.8 Å². The Kier molecular flexibility index (Phi) is 7.30. The molecule has 0 bridgehead atoms. The van der Waals surface area contributed by atoms with Crippen LogP contribution >= 0.6 is 11.6 Å². The van der Waals surface area contributed by atoms with Gasteiger partial charge in [-0.05, 0) is 42.0 Å². The number of pyridine rings is 1. The van der Waals surface area contributed by atoms with Gasteiger partial charge in [0.25, 0.3) is 0 Å². The Morgan fingerprint density at radius 1 is 0.973 bits per heavy atom. The van der Waals surface area contributed by atoms with Gasteiger partial charge in [-0.1, -0.05) is 23.7 Å². The van der Waals surface area contributed by atoms with E-state index in [2.05, 4.69) is 25.6 Å². The van der Waals surface area contributed by atoms with E-state index in [9.17, 15) is 18.0 Å². The van der Waals surface area contributed by atoms with Gasteiger partial charge in [0.1, 0.15) is 17.3 Å². The first-order chi connectivity index (χ1) is 17.6. The SMILES string of the molecule is COc1ccc(C(F)(F)F)cc1NC(=O)Nc1cnc(Oc2ccc(-c3cc(Cl)cnc3N)cc2)nc1. The Labute approximate surface area is 213 Å². The Morgan fingerprint density at radius 2 is 1.68 bits per heavy atom. The van der Waals surface area contributed by atoms with Crippen LogP contribution in [0.1, 0.15) is 5.56 Å². The second-order valence-corrected chi connectivity index (χ2v) is 7.90. The average Bonchev–Trinajstić information content (AvgIpc) is 2.86. The van der Waals surface area contributed by atoms with Crippen LogP contribution in [0.5, 0.6) is 17.5 Å². The van der Waals surface area contributed by atoms with Crippen LogP contribution in [0.25, 0.3) is 11.1 Å². The number of anilines is 3. The van der Waals surface area contributed by atoms with Crippen molar-refractivity contribution in [1.29, 1.82) is 0 Å². The second kappa shape index (κ2) is 10.6. The summed E-state index contributed by atoms with van der Waals surface area (Å²) in [5.41, 5.74) is 6.44. The molecule has 0 aliphatic rings. The molecule has 0 saturated heterocycles. The number of nitrogens with two attached hydrogens (primary N) is 1. The fraction of sp³-hybridized carbons (Fsp3) is 0.0833. The third-order valence-electron chi connectivity index (χ3n) is 4.92. The van der Waals surface area contributed by atoms with Gasteiger partial charge >= 0.3 is 18.2 Å². The summed E-state index contributed by atoms with van der Waals surface area (Å²) in [6.07, 6.45) is -0.571. The standard InChI is InChI=1S/C24H18ClF3N6O3/c1-36-20-7-4-14(24(26,27)28)8-19(20)34-22(35)33-16-11-31-23(32-12-16)37-17-5-2-13(3-6-17)18-9-15(25)10-30-21(18)29/h2-12H,1H3,(H2,29,30)(H2,33,34,35). The minimum absolute atomic E-state index is 0.00203. The number of nitrogens with zero attached hydrogens (tertiary/aromatic N) is 3. The maximum absolute atomic E-state index is 13.0. The molecule has 37 heavy (non-hydrogen) atoms. The number of alkyl halides is 3. The van der Waals surface area contributed by atoms with E-state index >= 15 is 0 Å². The molecule has 4 aromatic rings. The zero-order valence-corrected chi connectivity index (χ0v) is 19.8. The molecule has 13 heteroatoms. The van der Waals surface area contributed by atoms with Crippen LogP contribution in [0.15, 0.2) is 67.1 Å². The smallest absolute Gasteiger partial charge is 0.416 e. The van der Waals surface area contributed by atoms with Gasteiger partial charge < -0.3 is 25.8 Å². The summed E-state index contributed by atoms with van der Waals surface area (Å²) in [5.74, 6) is 0.830. The van der Waals surface area contributed by atoms with Crippen LogP contribution in [0.3, 0.4) is 0 Å². The molecule has 4 N–H and O–H groups in total. The number of nitrogen functional groups attached to an aromatic ring is 1. The fourth-order valence-electron chi connectivity index (χ4n) is 3.19. The third-order valence-corrected chi connectivity index (χ3v) is 5.13. The van der Waals surface area contributed by atoms with Crippen molar-refractivity contribution in [2.24, 2.45) is 0 Å². The molecule has 2 aromatic heterocycles. The van der Waals surface area contributed by atoms with Crippen molar-refractivity contribution in [3.63, 3.8) is 0 Å². The summed E-state index contributed by atoms with van der Waals surface area (Å²) in [4.78, 5) is 24.4. The maximum atomic E-state index is 13.0. The average molecular weight is 531 g/mol. The molecule has 0 spiro atoms. The largest absolute Gasteiger partial charge is 0.495 e. The van der Waals surface area contributed by atoms with E-state index in [4.69, 9.17) is 26.8 Å². The normalized spacial score (nSPS) is 11.1. The molecule has 0 aliphatic carbocycles. The Hall–Kier alpha value is -4.58. The van der Waals surface area contributed by atoms with Crippen molar-refractivity contribution < 1.29 is 27.4 Å². The predicted octanol–water partition coefficient (Wildman–Crippen LogP) is 6.24. The molecule has 0 unspecified atom stereocenters. The molecular formula is C24H18ClF3N6O3. The van der Waals surface area contributed by atoms with Crippen LogP contribution in [-0.4, -0.2) is 28.1 Å². The molecule has 2 heterocycles. The summed E-state index contributed by atoms with van der Waals surface area (Å²) < 4.78 is 49.6. The number of benzene rings is 2. The molecule has 0 atom stereocenters. The fourth-order valence-corrected chi connectivity index (χ4v) is 3.35. The molecule has 0 saturated carbocycles. The molecule has 4 rings (SSSR count). The lowest BCUT2D eigenvalue weighted by atomic mass is 10.1. The molecule has 190 valence electrons. The van der Waals surface area contributed by atoms with Gasteiger partial charge in [0.15, 0.2) is 0 Å². The van der Waals surface area contributed by atoms with Gasteiger partial charge in [0.2, 0.25) is 0 Å². The summed E-state index contributed by atoms with van der Waals surface area (Å²) in [6, 6.07) is 10.5. The molecule has 0 radical (unpaired) electrons. The van der Waals surface area contributed by atoms with Crippen molar-refractivity contribution in [3.05, 3.63) is 77.7 Å². The Balaban J connectivity index is 1.39. The first kappa shape index (κ1) is 25.5. The van der Waals surface area contributed by atoms with Crippen molar-refractivity contribution in [3.8, 4) is 28.6 Å². The number of ether oxygens (including phenoxy) is 2. The first-order valence-electron chi connectivity index (χ1n) is 10.5. The quantitative estimate of drug-likeness (QED) is 0.269. The van der Waals surface area contributed by atoms with Gasteiger partial charge in [0.05, 0.1) is 41.5 Å². The Morgan fingerprint density at radius 3 is 2.32 bits per heavy atom. The predicted molar refractivity (Wildman–Crippen MR) is 132 cm³/mol. The zero-order chi connectivity index (χ0) is 26.6. The number of aromatic nitrogens is 3. The molecule has 0 aliphatic heterocycles. The third kappa shape index (κ3) is 6.35. The van der Waals surface area contributed by atoms with Crippen LogP contribution in [0, 0.1) is 0 Å². The number of hydrogen-bond donors (Lipinski definition) is 3. The van der Waals surface area contributed by atoms with Crippen LogP contribution < -0.4 is 25.8 Å². The van der Waals surface area contributed by atoms with E-state index in [1.807, 2.05) is 0 Å².